The van der Waals surface area contributed by atoms with Gasteiger partial charge in [-0.3, -0.25) is 0 Å². The van der Waals surface area contributed by atoms with Crippen LogP contribution < -0.4 is 4.74 Å². The van der Waals surface area contributed by atoms with Crippen LogP contribution in [0.5, 0.6) is 11.6 Å². The van der Waals surface area contributed by atoms with E-state index in [0.29, 0.717) is 5.88 Å². The number of nitrogens with zero attached hydrogens (tertiary/aromatic N) is 1. The van der Waals surface area contributed by atoms with Gasteiger partial charge in [0.05, 0.1) is 4.47 Å². The van der Waals surface area contributed by atoms with E-state index >= 15 is 0 Å². The number of pyridine rings is 1. The van der Waals surface area contributed by atoms with Crippen LogP contribution >= 0.6 is 15.9 Å². The predicted molar refractivity (Wildman–Crippen MR) is 67.9 cm³/mol. The van der Waals surface area contributed by atoms with E-state index in [-0.39, 0.29) is 0 Å². The fraction of sp³-hybridized carbons (Fsp3) is 0.154. The first-order valence-corrected chi connectivity index (χ1v) is 5.81. The second kappa shape index (κ2) is 4.66. The van der Waals surface area contributed by atoms with Crippen molar-refractivity contribution in [2.24, 2.45) is 0 Å². The van der Waals surface area contributed by atoms with Crippen molar-refractivity contribution in [3.63, 3.8) is 0 Å². The first kappa shape index (κ1) is 11.1. The second-order valence-electron chi connectivity index (χ2n) is 3.72. The van der Waals surface area contributed by atoms with E-state index in [1.54, 1.807) is 6.20 Å². The van der Waals surface area contributed by atoms with Crippen LogP contribution in [0.2, 0.25) is 0 Å². The van der Waals surface area contributed by atoms with Crippen LogP contribution in [0.3, 0.4) is 0 Å². The lowest BCUT2D eigenvalue weighted by atomic mass is 10.1. The van der Waals surface area contributed by atoms with Crippen molar-refractivity contribution in [2.45, 2.75) is 13.8 Å². The summed E-state index contributed by atoms with van der Waals surface area (Å²) in [6.45, 7) is 4.10. The minimum Gasteiger partial charge on any atom is -0.438 e. The molecule has 0 spiro atoms. The molecule has 0 aliphatic rings. The first-order valence-electron chi connectivity index (χ1n) is 5.02. The first-order chi connectivity index (χ1) is 7.65. The van der Waals surface area contributed by atoms with Crippen LogP contribution in [0.1, 0.15) is 11.1 Å². The van der Waals surface area contributed by atoms with Crippen molar-refractivity contribution in [1.29, 1.82) is 0 Å². The zero-order chi connectivity index (χ0) is 11.5. The van der Waals surface area contributed by atoms with Crippen molar-refractivity contribution >= 4 is 15.9 Å². The number of halogens is 1. The Morgan fingerprint density at radius 2 is 1.81 bits per heavy atom. The molecule has 0 aliphatic heterocycles. The molecule has 2 nitrogen and oxygen atoms in total. The topological polar surface area (TPSA) is 22.1 Å². The normalized spacial score (nSPS) is 10.2. The molecule has 0 atom stereocenters. The maximum Gasteiger partial charge on any atom is 0.233 e. The van der Waals surface area contributed by atoms with Gasteiger partial charge in [-0.2, -0.15) is 0 Å². The number of ether oxygens (including phenoxy) is 1. The lowest BCUT2D eigenvalue weighted by molar-refractivity contribution is 0.459. The van der Waals surface area contributed by atoms with Gasteiger partial charge < -0.3 is 4.74 Å². The van der Waals surface area contributed by atoms with E-state index in [9.17, 15) is 0 Å². The average molecular weight is 278 g/mol. The Kier molecular flexibility index (Phi) is 3.25. The van der Waals surface area contributed by atoms with Crippen molar-refractivity contribution < 1.29 is 4.74 Å². The largest absolute Gasteiger partial charge is 0.438 e. The molecule has 1 heterocycles. The molecule has 0 unspecified atom stereocenters. The highest BCUT2D eigenvalue weighted by Crippen LogP contribution is 2.27. The molecule has 0 saturated heterocycles. The van der Waals surface area contributed by atoms with E-state index in [4.69, 9.17) is 4.74 Å². The second-order valence-corrected chi connectivity index (χ2v) is 4.57. The Morgan fingerprint density at radius 1 is 1.12 bits per heavy atom. The number of rotatable bonds is 2. The van der Waals surface area contributed by atoms with E-state index in [1.165, 1.54) is 11.1 Å². The van der Waals surface area contributed by atoms with Gasteiger partial charge in [-0.1, -0.05) is 6.07 Å². The Bertz CT molecular complexity index is 491. The van der Waals surface area contributed by atoms with Gasteiger partial charge in [-0.25, -0.2) is 4.98 Å². The Labute approximate surface area is 103 Å². The minimum absolute atomic E-state index is 0.590. The summed E-state index contributed by atoms with van der Waals surface area (Å²) >= 11 is 3.40. The molecular formula is C13H12BrNO. The minimum atomic E-state index is 0.590. The summed E-state index contributed by atoms with van der Waals surface area (Å²) in [7, 11) is 0. The average Bonchev–Trinajstić information content (AvgIpc) is 2.20. The van der Waals surface area contributed by atoms with E-state index in [0.717, 1.165) is 10.2 Å². The van der Waals surface area contributed by atoms with Gasteiger partial charge >= 0.3 is 0 Å². The fourth-order valence-electron chi connectivity index (χ4n) is 1.55. The number of benzene rings is 1. The smallest absolute Gasteiger partial charge is 0.233 e. The van der Waals surface area contributed by atoms with Crippen molar-refractivity contribution in [3.8, 4) is 11.6 Å². The SMILES string of the molecule is Cc1cc(C)cc(Oc2ncccc2Br)c1. The maximum absolute atomic E-state index is 5.71. The molecule has 82 valence electrons. The molecule has 0 aliphatic carbocycles. The lowest BCUT2D eigenvalue weighted by Gasteiger charge is -2.07. The van der Waals surface area contributed by atoms with Gasteiger partial charge in [0.2, 0.25) is 5.88 Å². The van der Waals surface area contributed by atoms with Gasteiger partial charge in [0.15, 0.2) is 0 Å². The van der Waals surface area contributed by atoms with Gasteiger partial charge in [0.1, 0.15) is 5.75 Å². The van der Waals surface area contributed by atoms with E-state index in [1.807, 2.05) is 38.1 Å². The van der Waals surface area contributed by atoms with Crippen LogP contribution in [0.15, 0.2) is 41.0 Å². The summed E-state index contributed by atoms with van der Waals surface area (Å²) in [5.41, 5.74) is 2.36. The molecule has 2 aromatic rings. The monoisotopic (exact) mass is 277 g/mol. The molecule has 0 saturated carbocycles. The third kappa shape index (κ3) is 2.61. The standard InChI is InChI=1S/C13H12BrNO/c1-9-6-10(2)8-11(7-9)16-13-12(14)4-3-5-15-13/h3-8H,1-2H3. The summed E-state index contributed by atoms with van der Waals surface area (Å²) in [6.07, 6.45) is 1.71. The van der Waals surface area contributed by atoms with Gasteiger partial charge in [-0.05, 0) is 65.2 Å². The maximum atomic E-state index is 5.71. The zero-order valence-electron chi connectivity index (χ0n) is 9.20. The third-order valence-electron chi connectivity index (χ3n) is 2.13. The van der Waals surface area contributed by atoms with Crippen LogP contribution in [-0.4, -0.2) is 4.98 Å². The summed E-state index contributed by atoms with van der Waals surface area (Å²) in [4.78, 5) is 4.16. The number of hydrogen-bond donors (Lipinski definition) is 0. The molecule has 3 heteroatoms. The number of aromatic nitrogens is 1. The fourth-order valence-corrected chi connectivity index (χ4v) is 1.89. The van der Waals surface area contributed by atoms with Gasteiger partial charge in [0.25, 0.3) is 0 Å². The molecule has 0 amide bonds. The summed E-state index contributed by atoms with van der Waals surface area (Å²) in [5.74, 6) is 1.41. The van der Waals surface area contributed by atoms with Crippen molar-refractivity contribution in [1.82, 2.24) is 4.98 Å². The number of aryl methyl sites for hydroxylation is 2. The lowest BCUT2D eigenvalue weighted by Crippen LogP contribution is -1.89. The number of hydrogen-bond acceptors (Lipinski definition) is 2. The molecule has 0 bridgehead atoms. The van der Waals surface area contributed by atoms with Gasteiger partial charge in [0, 0.05) is 6.20 Å². The molecule has 1 aromatic heterocycles. The predicted octanol–water partition coefficient (Wildman–Crippen LogP) is 4.25. The molecule has 16 heavy (non-hydrogen) atoms. The molecular weight excluding hydrogens is 266 g/mol. The summed E-state index contributed by atoms with van der Waals surface area (Å²) < 4.78 is 6.57. The Hall–Kier alpha value is -1.35. The highest BCUT2D eigenvalue weighted by Gasteiger charge is 2.03. The third-order valence-corrected chi connectivity index (χ3v) is 2.74. The van der Waals surface area contributed by atoms with Crippen molar-refractivity contribution in [2.75, 3.05) is 0 Å². The highest BCUT2D eigenvalue weighted by molar-refractivity contribution is 9.10. The summed E-state index contributed by atoms with van der Waals surface area (Å²) in [6, 6.07) is 9.87. The van der Waals surface area contributed by atoms with Crippen LogP contribution in [0.25, 0.3) is 0 Å². The Morgan fingerprint density at radius 3 is 2.44 bits per heavy atom. The molecule has 1 aromatic carbocycles. The molecule has 0 radical (unpaired) electrons. The Balaban J connectivity index is 2.30. The molecule has 0 N–H and O–H groups in total. The quantitative estimate of drug-likeness (QED) is 0.819. The van der Waals surface area contributed by atoms with E-state index < -0.39 is 0 Å². The van der Waals surface area contributed by atoms with Crippen LogP contribution in [0, 0.1) is 13.8 Å². The van der Waals surface area contributed by atoms with Gasteiger partial charge in [-0.15, -0.1) is 0 Å². The van der Waals surface area contributed by atoms with Crippen LogP contribution in [-0.2, 0) is 0 Å². The molecule has 2 rings (SSSR count). The van der Waals surface area contributed by atoms with E-state index in [2.05, 4.69) is 27.0 Å². The highest BCUT2D eigenvalue weighted by atomic mass is 79.9. The zero-order valence-corrected chi connectivity index (χ0v) is 10.8. The van der Waals surface area contributed by atoms with Crippen LogP contribution in [0.4, 0.5) is 0 Å². The summed E-state index contributed by atoms with van der Waals surface area (Å²) in [5, 5.41) is 0. The molecule has 0 fully saturated rings. The van der Waals surface area contributed by atoms with Crippen molar-refractivity contribution in [3.05, 3.63) is 52.1 Å².